The molecule has 0 bridgehead atoms. The van der Waals surface area contributed by atoms with Crippen LogP contribution in [0.25, 0.3) is 5.69 Å². The molecule has 1 fully saturated rings. The molecule has 8 heteroatoms. The molecule has 0 saturated carbocycles. The minimum Gasteiger partial charge on any atom is -0.351 e. The fourth-order valence-electron chi connectivity index (χ4n) is 2.87. The summed E-state index contributed by atoms with van der Waals surface area (Å²) in [6.07, 6.45) is 3.29. The topological polar surface area (TPSA) is 93.0 Å². The van der Waals surface area contributed by atoms with Gasteiger partial charge in [0.05, 0.1) is 5.69 Å². The zero-order chi connectivity index (χ0) is 17.8. The van der Waals surface area contributed by atoms with E-state index >= 15 is 0 Å². The van der Waals surface area contributed by atoms with Crippen molar-refractivity contribution in [2.45, 2.75) is 32.7 Å². The number of likely N-dealkylation sites (tertiary alicyclic amines) is 1. The maximum Gasteiger partial charge on any atom is 0.253 e. The molecule has 0 spiro atoms. The van der Waals surface area contributed by atoms with Gasteiger partial charge in [-0.2, -0.15) is 0 Å². The van der Waals surface area contributed by atoms with E-state index in [0.717, 1.165) is 18.5 Å². The van der Waals surface area contributed by atoms with Gasteiger partial charge in [0.25, 0.3) is 5.91 Å². The molecule has 1 saturated heterocycles. The van der Waals surface area contributed by atoms with Gasteiger partial charge in [-0.25, -0.2) is 4.68 Å². The molecule has 1 atom stereocenters. The molecule has 8 nitrogen and oxygen atoms in total. The van der Waals surface area contributed by atoms with Crippen LogP contribution in [0.1, 0.15) is 37.0 Å². The predicted octanol–water partition coefficient (Wildman–Crippen LogP) is 1.04. The third-order valence-corrected chi connectivity index (χ3v) is 4.31. The minimum absolute atomic E-state index is 0.0214. The quantitative estimate of drug-likeness (QED) is 0.896. The van der Waals surface area contributed by atoms with E-state index in [1.807, 2.05) is 26.0 Å². The lowest BCUT2D eigenvalue weighted by molar-refractivity contribution is -0.125. The van der Waals surface area contributed by atoms with Gasteiger partial charge in [0.15, 0.2) is 0 Å². The summed E-state index contributed by atoms with van der Waals surface area (Å²) in [4.78, 5) is 26.4. The lowest BCUT2D eigenvalue weighted by atomic mass is 10.0. The van der Waals surface area contributed by atoms with Crippen molar-refractivity contribution in [2.24, 2.45) is 5.92 Å². The summed E-state index contributed by atoms with van der Waals surface area (Å²) in [7, 11) is 0. The SMILES string of the molecule is CC(C)C(=O)N[C@H]1CCCN(C(=O)c2ccc(-n3cnnn3)cc2)C1. The molecule has 1 N–H and O–H groups in total. The average Bonchev–Trinajstić information content (AvgIpc) is 3.16. The summed E-state index contributed by atoms with van der Waals surface area (Å²) in [5.74, 6) is -0.0400. The monoisotopic (exact) mass is 342 g/mol. The van der Waals surface area contributed by atoms with Crippen molar-refractivity contribution in [1.29, 1.82) is 0 Å². The van der Waals surface area contributed by atoms with Crippen molar-refractivity contribution in [2.75, 3.05) is 13.1 Å². The summed E-state index contributed by atoms with van der Waals surface area (Å²) in [5, 5.41) is 14.0. The zero-order valence-electron chi connectivity index (χ0n) is 14.4. The number of hydrogen-bond donors (Lipinski definition) is 1. The van der Waals surface area contributed by atoms with E-state index in [2.05, 4.69) is 20.8 Å². The third kappa shape index (κ3) is 4.01. The van der Waals surface area contributed by atoms with Crippen LogP contribution in [0.15, 0.2) is 30.6 Å². The summed E-state index contributed by atoms with van der Waals surface area (Å²) in [6, 6.07) is 7.19. The van der Waals surface area contributed by atoms with Gasteiger partial charge in [-0.1, -0.05) is 13.8 Å². The van der Waals surface area contributed by atoms with Crippen molar-refractivity contribution in [3.63, 3.8) is 0 Å². The summed E-state index contributed by atoms with van der Waals surface area (Å²) < 4.78 is 1.53. The Morgan fingerprint density at radius 1 is 1.24 bits per heavy atom. The second kappa shape index (κ2) is 7.42. The van der Waals surface area contributed by atoms with Crippen molar-refractivity contribution in [3.05, 3.63) is 36.2 Å². The minimum atomic E-state index is -0.0510. The summed E-state index contributed by atoms with van der Waals surface area (Å²) in [6.45, 7) is 4.99. The van der Waals surface area contributed by atoms with E-state index < -0.39 is 0 Å². The van der Waals surface area contributed by atoms with E-state index in [1.54, 1.807) is 17.0 Å². The lowest BCUT2D eigenvalue weighted by Crippen LogP contribution is -2.50. The van der Waals surface area contributed by atoms with Gasteiger partial charge in [-0.15, -0.1) is 5.10 Å². The van der Waals surface area contributed by atoms with Gasteiger partial charge >= 0.3 is 0 Å². The molecule has 0 radical (unpaired) electrons. The van der Waals surface area contributed by atoms with Crippen LogP contribution < -0.4 is 5.32 Å². The first kappa shape index (κ1) is 17.1. The molecule has 2 aromatic rings. The molecule has 25 heavy (non-hydrogen) atoms. The molecule has 2 amide bonds. The Labute approximate surface area is 146 Å². The van der Waals surface area contributed by atoms with Crippen LogP contribution in [0.5, 0.6) is 0 Å². The fourth-order valence-corrected chi connectivity index (χ4v) is 2.87. The van der Waals surface area contributed by atoms with Gasteiger partial charge in [-0.05, 0) is 47.5 Å². The highest BCUT2D eigenvalue weighted by molar-refractivity contribution is 5.94. The van der Waals surface area contributed by atoms with E-state index in [0.29, 0.717) is 18.7 Å². The van der Waals surface area contributed by atoms with Crippen LogP contribution in [0.2, 0.25) is 0 Å². The smallest absolute Gasteiger partial charge is 0.253 e. The van der Waals surface area contributed by atoms with Gasteiger partial charge in [-0.3, -0.25) is 9.59 Å². The Balaban J connectivity index is 1.65. The highest BCUT2D eigenvalue weighted by atomic mass is 16.2. The van der Waals surface area contributed by atoms with Crippen LogP contribution in [0, 0.1) is 5.92 Å². The van der Waals surface area contributed by atoms with E-state index in [1.165, 1.54) is 11.0 Å². The number of rotatable bonds is 4. The lowest BCUT2D eigenvalue weighted by Gasteiger charge is -2.33. The first-order valence-electron chi connectivity index (χ1n) is 8.47. The number of nitrogens with zero attached hydrogens (tertiary/aromatic N) is 5. The number of amides is 2. The third-order valence-electron chi connectivity index (χ3n) is 4.31. The molecule has 3 rings (SSSR count). The number of carbonyl (C=O) groups is 2. The number of aromatic nitrogens is 4. The number of nitrogens with one attached hydrogen (secondary N) is 1. The van der Waals surface area contributed by atoms with E-state index in [-0.39, 0.29) is 23.8 Å². The molecule has 132 valence electrons. The van der Waals surface area contributed by atoms with Crippen LogP contribution in [-0.4, -0.2) is 56.1 Å². The van der Waals surface area contributed by atoms with Crippen molar-refractivity contribution < 1.29 is 9.59 Å². The van der Waals surface area contributed by atoms with Crippen LogP contribution in [0.3, 0.4) is 0 Å². The molecule has 1 aliphatic rings. The van der Waals surface area contributed by atoms with Gasteiger partial charge in [0, 0.05) is 30.6 Å². The number of tetrazole rings is 1. The molecule has 2 heterocycles. The highest BCUT2D eigenvalue weighted by Crippen LogP contribution is 2.16. The van der Waals surface area contributed by atoms with Gasteiger partial charge in [0.2, 0.25) is 5.91 Å². The molecule has 0 aliphatic carbocycles. The van der Waals surface area contributed by atoms with Crippen LogP contribution in [-0.2, 0) is 4.79 Å². The van der Waals surface area contributed by atoms with E-state index in [4.69, 9.17) is 0 Å². The molecule has 1 aromatic carbocycles. The summed E-state index contributed by atoms with van der Waals surface area (Å²) >= 11 is 0. The van der Waals surface area contributed by atoms with E-state index in [9.17, 15) is 9.59 Å². The maximum absolute atomic E-state index is 12.7. The summed E-state index contributed by atoms with van der Waals surface area (Å²) in [5.41, 5.74) is 1.41. The molecule has 1 aromatic heterocycles. The van der Waals surface area contributed by atoms with Crippen molar-refractivity contribution in [3.8, 4) is 5.69 Å². The Hall–Kier alpha value is -2.77. The Kier molecular flexibility index (Phi) is 5.06. The number of hydrogen-bond acceptors (Lipinski definition) is 5. The van der Waals surface area contributed by atoms with Crippen molar-refractivity contribution >= 4 is 11.8 Å². The van der Waals surface area contributed by atoms with Gasteiger partial charge < -0.3 is 10.2 Å². The zero-order valence-corrected chi connectivity index (χ0v) is 14.4. The normalized spacial score (nSPS) is 17.6. The fraction of sp³-hybridized carbons (Fsp3) is 0.471. The second-order valence-electron chi connectivity index (χ2n) is 6.55. The van der Waals surface area contributed by atoms with Crippen LogP contribution >= 0.6 is 0 Å². The van der Waals surface area contributed by atoms with Gasteiger partial charge in [0.1, 0.15) is 6.33 Å². The second-order valence-corrected chi connectivity index (χ2v) is 6.55. The molecular weight excluding hydrogens is 320 g/mol. The largest absolute Gasteiger partial charge is 0.351 e. The maximum atomic E-state index is 12.7. The number of carbonyl (C=O) groups excluding carboxylic acids is 2. The first-order valence-corrected chi connectivity index (χ1v) is 8.47. The predicted molar refractivity (Wildman–Crippen MR) is 91.1 cm³/mol. The van der Waals surface area contributed by atoms with Crippen molar-refractivity contribution in [1.82, 2.24) is 30.4 Å². The molecular formula is C17H22N6O2. The molecule has 0 unspecified atom stereocenters. The Morgan fingerprint density at radius 3 is 2.64 bits per heavy atom. The standard InChI is InChI=1S/C17H22N6O2/c1-12(2)16(24)19-14-4-3-9-22(10-14)17(25)13-5-7-15(8-6-13)23-11-18-20-21-23/h5-8,11-12,14H,3-4,9-10H2,1-2H3,(H,19,24)/t14-/m0/s1. The Morgan fingerprint density at radius 2 is 2.00 bits per heavy atom. The number of piperidine rings is 1. The molecule has 1 aliphatic heterocycles. The van der Waals surface area contributed by atoms with Crippen LogP contribution in [0.4, 0.5) is 0 Å². The number of benzene rings is 1. The highest BCUT2D eigenvalue weighted by Gasteiger charge is 2.26. The first-order chi connectivity index (χ1) is 12.0. The average molecular weight is 342 g/mol. The Bertz CT molecular complexity index is 726.